The minimum Gasteiger partial charge on any atom is -0.379 e. The second-order valence-corrected chi connectivity index (χ2v) is 7.22. The van der Waals surface area contributed by atoms with Crippen LogP contribution in [0.3, 0.4) is 0 Å². The van der Waals surface area contributed by atoms with Gasteiger partial charge in [0.1, 0.15) is 5.70 Å². The van der Waals surface area contributed by atoms with E-state index in [0.29, 0.717) is 57.1 Å². The number of benzene rings is 1. The molecule has 0 N–H and O–H groups in total. The van der Waals surface area contributed by atoms with Crippen LogP contribution < -0.4 is 0 Å². The molecule has 0 saturated carbocycles. The van der Waals surface area contributed by atoms with E-state index in [0.717, 1.165) is 11.1 Å². The summed E-state index contributed by atoms with van der Waals surface area (Å²) in [6.07, 6.45) is 0.771. The summed E-state index contributed by atoms with van der Waals surface area (Å²) in [6.45, 7) is 9.21. The van der Waals surface area contributed by atoms with E-state index in [4.69, 9.17) is 9.47 Å². The van der Waals surface area contributed by atoms with Crippen LogP contribution in [0.15, 0.2) is 30.0 Å². The largest absolute Gasteiger partial charge is 0.379 e. The Labute approximate surface area is 160 Å². The summed E-state index contributed by atoms with van der Waals surface area (Å²) in [5, 5.41) is 0. The van der Waals surface area contributed by atoms with E-state index in [2.05, 4.69) is 0 Å². The number of imide groups is 1. The molecule has 2 heterocycles. The van der Waals surface area contributed by atoms with Gasteiger partial charge in [0.15, 0.2) is 0 Å². The first-order valence-corrected chi connectivity index (χ1v) is 9.61. The van der Waals surface area contributed by atoms with Crippen molar-refractivity contribution in [3.05, 3.63) is 41.1 Å². The molecular formula is C21H28N2O4. The van der Waals surface area contributed by atoms with Gasteiger partial charge in [0, 0.05) is 26.2 Å². The van der Waals surface area contributed by atoms with E-state index in [9.17, 15) is 9.59 Å². The average molecular weight is 372 g/mol. The summed E-state index contributed by atoms with van der Waals surface area (Å²) in [5.41, 5.74) is 2.93. The van der Waals surface area contributed by atoms with Crippen LogP contribution in [-0.2, 0) is 19.1 Å². The molecule has 0 aliphatic carbocycles. The SMILES string of the molecule is Cc1ccc(C2=C(N3CCOCC3)C(=O)N(CCCOC(C)C)C2=O)cc1. The van der Waals surface area contributed by atoms with Gasteiger partial charge in [-0.3, -0.25) is 14.5 Å². The molecule has 0 spiro atoms. The van der Waals surface area contributed by atoms with E-state index < -0.39 is 0 Å². The highest BCUT2D eigenvalue weighted by Gasteiger charge is 2.41. The lowest BCUT2D eigenvalue weighted by Crippen LogP contribution is -2.40. The monoisotopic (exact) mass is 372 g/mol. The van der Waals surface area contributed by atoms with Crippen LogP contribution >= 0.6 is 0 Å². The Morgan fingerprint density at radius 2 is 1.74 bits per heavy atom. The number of aryl methyl sites for hydroxylation is 1. The van der Waals surface area contributed by atoms with Gasteiger partial charge in [-0.05, 0) is 32.8 Å². The normalized spacial score (nSPS) is 18.2. The Kier molecular flexibility index (Phi) is 6.29. The molecule has 27 heavy (non-hydrogen) atoms. The van der Waals surface area contributed by atoms with Gasteiger partial charge in [0.2, 0.25) is 0 Å². The molecule has 0 unspecified atom stereocenters. The average Bonchev–Trinajstić information content (AvgIpc) is 2.90. The number of rotatable bonds is 7. The highest BCUT2D eigenvalue weighted by Crippen LogP contribution is 2.32. The van der Waals surface area contributed by atoms with Gasteiger partial charge < -0.3 is 14.4 Å². The number of ether oxygens (including phenoxy) is 2. The predicted molar refractivity (Wildman–Crippen MR) is 103 cm³/mol. The lowest BCUT2D eigenvalue weighted by Gasteiger charge is -2.29. The topological polar surface area (TPSA) is 59.1 Å². The zero-order valence-electron chi connectivity index (χ0n) is 16.4. The summed E-state index contributed by atoms with van der Waals surface area (Å²) in [6, 6.07) is 7.77. The molecule has 1 saturated heterocycles. The van der Waals surface area contributed by atoms with Gasteiger partial charge in [-0.1, -0.05) is 29.8 Å². The first-order valence-electron chi connectivity index (χ1n) is 9.61. The number of hydrogen-bond acceptors (Lipinski definition) is 5. The second-order valence-electron chi connectivity index (χ2n) is 7.22. The molecule has 2 amide bonds. The molecule has 6 nitrogen and oxygen atoms in total. The molecule has 1 fully saturated rings. The molecular weight excluding hydrogens is 344 g/mol. The zero-order chi connectivity index (χ0) is 19.4. The first kappa shape index (κ1) is 19.6. The Morgan fingerprint density at radius 3 is 2.37 bits per heavy atom. The molecule has 0 radical (unpaired) electrons. The number of morpholine rings is 1. The summed E-state index contributed by atoms with van der Waals surface area (Å²) < 4.78 is 11.0. The van der Waals surface area contributed by atoms with Crippen LogP contribution in [0.4, 0.5) is 0 Å². The molecule has 0 atom stereocenters. The standard InChI is InChI=1S/C21H28N2O4/c1-15(2)27-12-4-9-23-20(24)18(17-7-5-16(3)6-8-17)19(21(23)25)22-10-13-26-14-11-22/h5-8,15H,4,9-14H2,1-3H3. The number of carbonyl (C=O) groups is 2. The van der Waals surface area contributed by atoms with Crippen LogP contribution in [0.1, 0.15) is 31.4 Å². The molecule has 6 heteroatoms. The molecule has 2 aliphatic heterocycles. The maximum absolute atomic E-state index is 13.1. The van der Waals surface area contributed by atoms with Gasteiger partial charge >= 0.3 is 0 Å². The van der Waals surface area contributed by atoms with Crippen molar-refractivity contribution in [2.75, 3.05) is 39.5 Å². The number of carbonyl (C=O) groups excluding carboxylic acids is 2. The lowest BCUT2D eigenvalue weighted by molar-refractivity contribution is -0.138. The van der Waals surface area contributed by atoms with Gasteiger partial charge in [0.05, 0.1) is 24.9 Å². The van der Waals surface area contributed by atoms with Crippen LogP contribution in [-0.4, -0.2) is 67.2 Å². The molecule has 0 bridgehead atoms. The summed E-state index contributed by atoms with van der Waals surface area (Å²) in [4.78, 5) is 29.6. The minimum atomic E-state index is -0.213. The van der Waals surface area contributed by atoms with E-state index in [1.54, 1.807) is 0 Å². The summed E-state index contributed by atoms with van der Waals surface area (Å²) in [7, 11) is 0. The predicted octanol–water partition coefficient (Wildman–Crippen LogP) is 2.22. The second kappa shape index (κ2) is 8.67. The number of amides is 2. The quantitative estimate of drug-likeness (QED) is 0.543. The fourth-order valence-electron chi connectivity index (χ4n) is 3.37. The van der Waals surface area contributed by atoms with Crippen molar-refractivity contribution in [1.82, 2.24) is 9.80 Å². The van der Waals surface area contributed by atoms with Crippen molar-refractivity contribution in [3.8, 4) is 0 Å². The molecule has 146 valence electrons. The van der Waals surface area contributed by atoms with Crippen LogP contribution in [0.25, 0.3) is 5.57 Å². The van der Waals surface area contributed by atoms with E-state index in [1.165, 1.54) is 4.90 Å². The smallest absolute Gasteiger partial charge is 0.277 e. The highest BCUT2D eigenvalue weighted by molar-refractivity contribution is 6.35. The third-order valence-corrected chi connectivity index (χ3v) is 4.79. The summed E-state index contributed by atoms with van der Waals surface area (Å²) in [5.74, 6) is -0.420. The molecule has 3 rings (SSSR count). The minimum absolute atomic E-state index is 0.139. The van der Waals surface area contributed by atoms with E-state index in [1.807, 2.05) is 49.9 Å². The van der Waals surface area contributed by atoms with Gasteiger partial charge in [-0.25, -0.2) is 0 Å². The maximum Gasteiger partial charge on any atom is 0.277 e. The van der Waals surface area contributed by atoms with Crippen LogP contribution in [0, 0.1) is 6.92 Å². The van der Waals surface area contributed by atoms with Gasteiger partial charge in [-0.15, -0.1) is 0 Å². The molecule has 1 aromatic carbocycles. The van der Waals surface area contributed by atoms with Gasteiger partial charge in [-0.2, -0.15) is 0 Å². The fraction of sp³-hybridized carbons (Fsp3) is 0.524. The lowest BCUT2D eigenvalue weighted by atomic mass is 10.0. The molecule has 0 aromatic heterocycles. The number of hydrogen-bond donors (Lipinski definition) is 0. The number of nitrogens with zero attached hydrogens (tertiary/aromatic N) is 2. The van der Waals surface area contributed by atoms with Crippen molar-refractivity contribution >= 4 is 17.4 Å². The molecule has 2 aliphatic rings. The third-order valence-electron chi connectivity index (χ3n) is 4.79. The zero-order valence-corrected chi connectivity index (χ0v) is 16.4. The van der Waals surface area contributed by atoms with Crippen molar-refractivity contribution in [2.24, 2.45) is 0 Å². The third kappa shape index (κ3) is 4.39. The van der Waals surface area contributed by atoms with Crippen LogP contribution in [0.5, 0.6) is 0 Å². The Hall–Kier alpha value is -2.18. The van der Waals surface area contributed by atoms with Crippen LogP contribution in [0.2, 0.25) is 0 Å². The Balaban J connectivity index is 1.86. The maximum atomic E-state index is 13.1. The van der Waals surface area contributed by atoms with Crippen molar-refractivity contribution in [3.63, 3.8) is 0 Å². The van der Waals surface area contributed by atoms with E-state index in [-0.39, 0.29) is 17.9 Å². The van der Waals surface area contributed by atoms with Crippen molar-refractivity contribution < 1.29 is 19.1 Å². The Bertz CT molecular complexity index is 718. The van der Waals surface area contributed by atoms with Crippen molar-refractivity contribution in [2.45, 2.75) is 33.3 Å². The van der Waals surface area contributed by atoms with E-state index >= 15 is 0 Å². The Morgan fingerprint density at radius 1 is 1.07 bits per heavy atom. The summed E-state index contributed by atoms with van der Waals surface area (Å²) >= 11 is 0. The first-order chi connectivity index (χ1) is 13.0. The highest BCUT2D eigenvalue weighted by atomic mass is 16.5. The van der Waals surface area contributed by atoms with Crippen molar-refractivity contribution in [1.29, 1.82) is 0 Å². The van der Waals surface area contributed by atoms with Gasteiger partial charge in [0.25, 0.3) is 11.8 Å². The fourth-order valence-corrected chi connectivity index (χ4v) is 3.37. The molecule has 1 aromatic rings.